The zero-order chi connectivity index (χ0) is 20.6. The lowest BCUT2D eigenvalue weighted by atomic mass is 10.2. The second kappa shape index (κ2) is 9.80. The number of ether oxygens (including phenoxy) is 3. The van der Waals surface area contributed by atoms with E-state index in [9.17, 15) is 14.4 Å². The van der Waals surface area contributed by atoms with E-state index in [1.54, 1.807) is 20.8 Å². The van der Waals surface area contributed by atoms with Crippen LogP contribution in [0.15, 0.2) is 30.3 Å². The third-order valence-electron chi connectivity index (χ3n) is 3.59. The highest BCUT2D eigenvalue weighted by Crippen LogP contribution is 2.12. The normalized spacial score (nSPS) is 11.9. The molecule has 0 spiro atoms. The molecule has 1 atom stereocenters. The van der Waals surface area contributed by atoms with Crippen LogP contribution in [-0.2, 0) is 25.6 Å². The van der Waals surface area contributed by atoms with Crippen molar-refractivity contribution < 1.29 is 28.6 Å². The molecule has 8 nitrogen and oxygen atoms in total. The molecule has 0 N–H and O–H groups in total. The first kappa shape index (κ1) is 22.3. The second-order valence-corrected chi connectivity index (χ2v) is 7.05. The SMILES string of the molecule is COC(=O)[C@H](CN(C)C(=O)OC(C)(C)C)N(C)C(=O)OCc1ccccc1. The molecule has 0 aliphatic carbocycles. The number of hydrogen-bond donors (Lipinski definition) is 0. The Bertz CT molecular complexity index is 641. The topological polar surface area (TPSA) is 85.4 Å². The van der Waals surface area contributed by atoms with Gasteiger partial charge in [-0.25, -0.2) is 14.4 Å². The standard InChI is InChI=1S/C19H28N2O6/c1-19(2,3)27-17(23)20(4)12-15(16(22)25-6)21(5)18(24)26-13-14-10-8-7-9-11-14/h7-11,15H,12-13H2,1-6H3/t15-/m0/s1. The molecular formula is C19H28N2O6. The number of benzene rings is 1. The van der Waals surface area contributed by atoms with Crippen LogP contribution in [0.25, 0.3) is 0 Å². The summed E-state index contributed by atoms with van der Waals surface area (Å²) >= 11 is 0. The van der Waals surface area contributed by atoms with Crippen molar-refractivity contribution in [1.82, 2.24) is 9.80 Å². The summed E-state index contributed by atoms with van der Waals surface area (Å²) in [6.45, 7) is 5.19. The Labute approximate surface area is 160 Å². The van der Waals surface area contributed by atoms with E-state index in [-0.39, 0.29) is 13.2 Å². The minimum atomic E-state index is -1.03. The molecule has 0 fully saturated rings. The lowest BCUT2D eigenvalue weighted by Gasteiger charge is -2.30. The zero-order valence-corrected chi connectivity index (χ0v) is 16.7. The highest BCUT2D eigenvalue weighted by Gasteiger charge is 2.32. The predicted octanol–water partition coefficient (Wildman–Crippen LogP) is 2.66. The third kappa shape index (κ3) is 7.55. The largest absolute Gasteiger partial charge is 0.467 e. The van der Waals surface area contributed by atoms with E-state index in [4.69, 9.17) is 14.2 Å². The Morgan fingerprint density at radius 2 is 1.63 bits per heavy atom. The van der Waals surface area contributed by atoms with Gasteiger partial charge in [0.1, 0.15) is 18.2 Å². The van der Waals surface area contributed by atoms with Crippen LogP contribution in [0.4, 0.5) is 9.59 Å². The highest BCUT2D eigenvalue weighted by atomic mass is 16.6. The first-order valence-electron chi connectivity index (χ1n) is 8.50. The molecule has 0 aliphatic heterocycles. The monoisotopic (exact) mass is 380 g/mol. The van der Waals surface area contributed by atoms with Crippen molar-refractivity contribution >= 4 is 18.2 Å². The summed E-state index contributed by atoms with van der Waals surface area (Å²) in [4.78, 5) is 38.9. The maximum Gasteiger partial charge on any atom is 0.410 e. The molecule has 0 heterocycles. The Kier molecular flexibility index (Phi) is 8.08. The van der Waals surface area contributed by atoms with Gasteiger partial charge in [0.25, 0.3) is 0 Å². The van der Waals surface area contributed by atoms with Crippen molar-refractivity contribution in [3.63, 3.8) is 0 Å². The molecule has 0 aliphatic rings. The number of likely N-dealkylation sites (N-methyl/N-ethyl adjacent to an activating group) is 2. The van der Waals surface area contributed by atoms with E-state index in [1.807, 2.05) is 30.3 Å². The van der Waals surface area contributed by atoms with Gasteiger partial charge in [0.15, 0.2) is 0 Å². The molecule has 1 rings (SSSR count). The van der Waals surface area contributed by atoms with Crippen LogP contribution >= 0.6 is 0 Å². The van der Waals surface area contributed by atoms with Crippen LogP contribution in [0.1, 0.15) is 26.3 Å². The fourth-order valence-electron chi connectivity index (χ4n) is 2.11. The number of rotatable bonds is 6. The van der Waals surface area contributed by atoms with Crippen LogP contribution in [-0.4, -0.2) is 67.3 Å². The van der Waals surface area contributed by atoms with Crippen molar-refractivity contribution in [2.45, 2.75) is 39.0 Å². The smallest absolute Gasteiger partial charge is 0.410 e. The van der Waals surface area contributed by atoms with Crippen molar-refractivity contribution in [2.24, 2.45) is 0 Å². The number of nitrogens with zero attached hydrogens (tertiary/aromatic N) is 2. The summed E-state index contributed by atoms with van der Waals surface area (Å²) in [7, 11) is 4.11. The molecule has 0 unspecified atom stereocenters. The minimum absolute atomic E-state index is 0.0693. The molecular weight excluding hydrogens is 352 g/mol. The summed E-state index contributed by atoms with van der Waals surface area (Å²) in [5.74, 6) is -0.662. The quantitative estimate of drug-likeness (QED) is 0.557. The Hall–Kier alpha value is -2.77. The number of amides is 2. The van der Waals surface area contributed by atoms with Gasteiger partial charge in [-0.2, -0.15) is 0 Å². The summed E-state index contributed by atoms with van der Waals surface area (Å²) in [5.41, 5.74) is 0.145. The summed E-state index contributed by atoms with van der Waals surface area (Å²) in [5, 5.41) is 0. The van der Waals surface area contributed by atoms with Crippen molar-refractivity contribution in [3.8, 4) is 0 Å². The summed E-state index contributed by atoms with van der Waals surface area (Å²) < 4.78 is 15.3. The molecule has 2 amide bonds. The van der Waals surface area contributed by atoms with Crippen molar-refractivity contribution in [1.29, 1.82) is 0 Å². The predicted molar refractivity (Wildman–Crippen MR) is 99.1 cm³/mol. The second-order valence-electron chi connectivity index (χ2n) is 7.05. The van der Waals surface area contributed by atoms with E-state index in [0.717, 1.165) is 10.5 Å². The average molecular weight is 380 g/mol. The molecule has 0 radical (unpaired) electrons. The molecule has 0 saturated heterocycles. The lowest BCUT2D eigenvalue weighted by Crippen LogP contribution is -2.51. The number of carbonyl (C=O) groups is 3. The Morgan fingerprint density at radius 3 is 2.15 bits per heavy atom. The fraction of sp³-hybridized carbons (Fsp3) is 0.526. The van der Waals surface area contributed by atoms with Crippen LogP contribution in [0, 0.1) is 0 Å². The molecule has 0 saturated carbocycles. The maximum atomic E-state index is 12.3. The number of hydrogen-bond acceptors (Lipinski definition) is 6. The Balaban J connectivity index is 2.75. The molecule has 1 aromatic carbocycles. The number of esters is 1. The van der Waals surface area contributed by atoms with Crippen LogP contribution in [0.5, 0.6) is 0 Å². The summed E-state index contributed by atoms with van der Waals surface area (Å²) in [6.07, 6.45) is -1.31. The molecule has 0 aromatic heterocycles. The number of methoxy groups -OCH3 is 1. The van der Waals surface area contributed by atoms with Gasteiger partial charge in [-0.05, 0) is 26.3 Å². The minimum Gasteiger partial charge on any atom is -0.467 e. The van der Waals surface area contributed by atoms with Crippen molar-refractivity contribution in [2.75, 3.05) is 27.7 Å². The number of carbonyl (C=O) groups excluding carboxylic acids is 3. The van der Waals surface area contributed by atoms with Gasteiger partial charge in [0.2, 0.25) is 0 Å². The van der Waals surface area contributed by atoms with Gasteiger partial charge in [-0.15, -0.1) is 0 Å². The van der Waals surface area contributed by atoms with Crippen LogP contribution in [0.2, 0.25) is 0 Å². The molecule has 27 heavy (non-hydrogen) atoms. The van der Waals surface area contributed by atoms with E-state index in [2.05, 4.69) is 0 Å². The zero-order valence-electron chi connectivity index (χ0n) is 16.7. The van der Waals surface area contributed by atoms with Crippen molar-refractivity contribution in [3.05, 3.63) is 35.9 Å². The average Bonchev–Trinajstić information content (AvgIpc) is 2.62. The van der Waals surface area contributed by atoms with E-state index >= 15 is 0 Å². The third-order valence-corrected chi connectivity index (χ3v) is 3.59. The molecule has 8 heteroatoms. The first-order chi connectivity index (χ1) is 12.5. The van der Waals surface area contributed by atoms with Gasteiger partial charge in [0.05, 0.1) is 13.7 Å². The lowest BCUT2D eigenvalue weighted by molar-refractivity contribution is -0.146. The van der Waals surface area contributed by atoms with E-state index in [0.29, 0.717) is 0 Å². The van der Waals surface area contributed by atoms with Gasteiger partial charge in [-0.3, -0.25) is 4.90 Å². The maximum absolute atomic E-state index is 12.3. The van der Waals surface area contributed by atoms with Crippen LogP contribution < -0.4 is 0 Å². The van der Waals surface area contributed by atoms with Crippen LogP contribution in [0.3, 0.4) is 0 Å². The Morgan fingerprint density at radius 1 is 1.04 bits per heavy atom. The molecule has 0 bridgehead atoms. The van der Waals surface area contributed by atoms with Gasteiger partial charge >= 0.3 is 18.2 Å². The molecule has 1 aromatic rings. The van der Waals surface area contributed by atoms with Gasteiger partial charge in [0, 0.05) is 14.1 Å². The first-order valence-corrected chi connectivity index (χ1v) is 8.50. The van der Waals surface area contributed by atoms with E-state index < -0.39 is 29.8 Å². The fourth-order valence-corrected chi connectivity index (χ4v) is 2.11. The summed E-state index contributed by atoms with van der Waals surface area (Å²) in [6, 6.07) is 8.13. The van der Waals surface area contributed by atoms with E-state index in [1.165, 1.54) is 26.1 Å². The van der Waals surface area contributed by atoms with Gasteiger partial charge in [-0.1, -0.05) is 30.3 Å². The van der Waals surface area contributed by atoms with Gasteiger partial charge < -0.3 is 19.1 Å². The molecule has 150 valence electrons. The highest BCUT2D eigenvalue weighted by molar-refractivity contribution is 5.82.